The number of aromatic nitrogens is 1. The third-order valence-electron chi connectivity index (χ3n) is 8.75. The quantitative estimate of drug-likeness (QED) is 0.183. The van der Waals surface area contributed by atoms with Crippen LogP contribution in [0.3, 0.4) is 0 Å². The minimum Gasteiger partial charge on any atom is -0.309 e. The van der Waals surface area contributed by atoms with Crippen LogP contribution in [0.15, 0.2) is 183 Å². The van der Waals surface area contributed by atoms with E-state index in [-0.39, 0.29) is 0 Å². The molecule has 0 radical (unpaired) electrons. The molecule has 9 aromatic rings. The van der Waals surface area contributed by atoms with Crippen LogP contribution < -0.4 is 0 Å². The molecule has 0 saturated heterocycles. The highest BCUT2D eigenvalue weighted by Crippen LogP contribution is 2.75. The monoisotopic (exact) mass is 609 g/mol. The molecule has 212 valence electrons. The molecule has 1 nitrogen and oxygen atoms in total. The summed E-state index contributed by atoms with van der Waals surface area (Å²) in [5, 5.41) is 4.93. The van der Waals surface area contributed by atoms with Crippen molar-refractivity contribution in [2.45, 2.75) is 19.6 Å². The minimum absolute atomic E-state index is 1.15. The normalized spacial score (nSPS) is 12.2. The highest BCUT2D eigenvalue weighted by atomic mass is 32.3. The third-order valence-corrected chi connectivity index (χ3v) is 14.0. The van der Waals surface area contributed by atoms with Crippen LogP contribution in [0.25, 0.3) is 47.7 Å². The molecule has 2 aromatic heterocycles. The van der Waals surface area contributed by atoms with Crippen molar-refractivity contribution in [3.63, 3.8) is 0 Å². The third kappa shape index (κ3) is 3.90. The predicted molar refractivity (Wildman–Crippen MR) is 191 cm³/mol. The van der Waals surface area contributed by atoms with Crippen LogP contribution in [0, 0.1) is 12.1 Å². The Morgan fingerprint density at radius 2 is 1.09 bits per heavy atom. The van der Waals surface area contributed by atoms with Crippen LogP contribution in [-0.4, -0.2) is 4.57 Å². The summed E-state index contributed by atoms with van der Waals surface area (Å²) < 4.78 is 4.98. The Kier molecular flexibility index (Phi) is 6.06. The summed E-state index contributed by atoms with van der Waals surface area (Å²) in [7, 11) is -1.93. The number of para-hydroxylation sites is 2. The van der Waals surface area contributed by atoms with E-state index < -0.39 is 10.0 Å². The average molecular weight is 610 g/mol. The average Bonchev–Trinajstić information content (AvgIpc) is 3.66. The lowest BCUT2D eigenvalue weighted by Gasteiger charge is -2.42. The molecule has 0 bridgehead atoms. The van der Waals surface area contributed by atoms with Crippen molar-refractivity contribution in [3.05, 3.63) is 176 Å². The van der Waals surface area contributed by atoms with Gasteiger partial charge < -0.3 is 4.57 Å². The molecular formula is C42H27NS2. The van der Waals surface area contributed by atoms with Crippen LogP contribution in [0.5, 0.6) is 0 Å². The van der Waals surface area contributed by atoms with Gasteiger partial charge in [0.2, 0.25) is 0 Å². The fourth-order valence-electron chi connectivity index (χ4n) is 6.88. The van der Waals surface area contributed by atoms with Crippen molar-refractivity contribution in [1.29, 1.82) is 0 Å². The fraction of sp³-hybridized carbons (Fsp3) is 0. The number of thiophene rings is 1. The van der Waals surface area contributed by atoms with Crippen molar-refractivity contribution in [2.24, 2.45) is 0 Å². The van der Waals surface area contributed by atoms with Gasteiger partial charge in [0, 0.05) is 50.8 Å². The molecule has 0 spiro atoms. The van der Waals surface area contributed by atoms with Gasteiger partial charge in [-0.2, -0.15) is 0 Å². The zero-order chi connectivity index (χ0) is 29.8. The Bertz CT molecular complexity index is 2400. The van der Waals surface area contributed by atoms with E-state index in [1.165, 1.54) is 61.9 Å². The van der Waals surface area contributed by atoms with E-state index in [4.69, 9.17) is 0 Å². The summed E-state index contributed by atoms with van der Waals surface area (Å²) in [4.78, 5) is 5.29. The molecule has 9 rings (SSSR count). The first-order chi connectivity index (χ1) is 22.3. The van der Waals surface area contributed by atoms with Crippen molar-refractivity contribution >= 4 is 63.3 Å². The Hall–Kier alpha value is -5.27. The first-order valence-electron chi connectivity index (χ1n) is 15.1. The maximum atomic E-state index is 3.42. The number of rotatable bonds is 5. The summed E-state index contributed by atoms with van der Waals surface area (Å²) in [6, 6.07) is 66.7. The maximum Gasteiger partial charge on any atom is 0.0541 e. The topological polar surface area (TPSA) is 4.93 Å². The van der Waals surface area contributed by atoms with Gasteiger partial charge in [-0.1, -0.05) is 103 Å². The second kappa shape index (κ2) is 10.4. The zero-order valence-corrected chi connectivity index (χ0v) is 26.0. The maximum absolute atomic E-state index is 3.42. The Balaban J connectivity index is 1.42. The minimum atomic E-state index is -1.93. The summed E-state index contributed by atoms with van der Waals surface area (Å²) in [5.41, 5.74) is 3.60. The number of hydrogen-bond acceptors (Lipinski definition) is 1. The van der Waals surface area contributed by atoms with Crippen LogP contribution >= 0.6 is 21.4 Å². The van der Waals surface area contributed by atoms with Crippen LogP contribution in [0.1, 0.15) is 0 Å². The Morgan fingerprint density at radius 3 is 1.78 bits per heavy atom. The Morgan fingerprint density at radius 1 is 0.511 bits per heavy atom. The molecule has 45 heavy (non-hydrogen) atoms. The molecule has 0 fully saturated rings. The standard InChI is InChI=1S/C42H27NS2/c1-3-16-31(17-4-1)45(32-18-5-2-6-19-32,41-28-14-24-37-36-23-9-12-27-40(36)44-42(37)41)33-20-13-15-30(29-33)43-38-25-10-7-21-34(38)35-22-8-11-26-39(35)43/h1-8,10-22,24-29H. The van der Waals surface area contributed by atoms with E-state index in [0.717, 1.165) is 5.39 Å². The summed E-state index contributed by atoms with van der Waals surface area (Å²) >= 11 is 1.87. The molecule has 0 unspecified atom stereocenters. The van der Waals surface area contributed by atoms with E-state index in [1.807, 2.05) is 17.4 Å². The molecule has 7 aromatic carbocycles. The van der Waals surface area contributed by atoms with E-state index in [0.29, 0.717) is 0 Å². The largest absolute Gasteiger partial charge is 0.309 e. The predicted octanol–water partition coefficient (Wildman–Crippen LogP) is 12.1. The molecule has 0 aliphatic heterocycles. The molecule has 2 heterocycles. The van der Waals surface area contributed by atoms with Crippen molar-refractivity contribution in [1.82, 2.24) is 4.57 Å². The van der Waals surface area contributed by atoms with Gasteiger partial charge in [-0.25, -0.2) is 0 Å². The number of hydrogen-bond donors (Lipinski definition) is 0. The lowest BCUT2D eigenvalue weighted by molar-refractivity contribution is 1.15. The summed E-state index contributed by atoms with van der Waals surface area (Å²) in [6.07, 6.45) is 0. The fourth-order valence-corrected chi connectivity index (χ4v) is 12.4. The highest BCUT2D eigenvalue weighted by molar-refractivity contribution is 8.34. The number of benzene rings is 6. The number of fused-ring (bicyclic) bond motifs is 6. The summed E-state index contributed by atoms with van der Waals surface area (Å²) in [5.74, 6) is 0. The van der Waals surface area contributed by atoms with Crippen molar-refractivity contribution < 1.29 is 0 Å². The Labute approximate surface area is 268 Å². The highest BCUT2D eigenvalue weighted by Gasteiger charge is 2.35. The second-order valence-electron chi connectivity index (χ2n) is 11.2. The van der Waals surface area contributed by atoms with Gasteiger partial charge in [-0.15, -0.1) is 21.4 Å². The molecule has 0 aliphatic rings. The van der Waals surface area contributed by atoms with E-state index in [2.05, 4.69) is 174 Å². The molecule has 0 N–H and O–H groups in total. The molecule has 0 amide bonds. The second-order valence-corrected chi connectivity index (χ2v) is 15.3. The first kappa shape index (κ1) is 26.2. The molecule has 0 atom stereocenters. The van der Waals surface area contributed by atoms with Crippen LogP contribution in [-0.2, 0) is 0 Å². The van der Waals surface area contributed by atoms with Gasteiger partial charge in [0.1, 0.15) is 0 Å². The summed E-state index contributed by atoms with van der Waals surface area (Å²) in [6.45, 7) is 0. The lowest BCUT2D eigenvalue weighted by atomic mass is 10.2. The molecule has 0 aliphatic carbocycles. The van der Waals surface area contributed by atoms with Gasteiger partial charge in [0.05, 0.1) is 16.4 Å². The molecular weight excluding hydrogens is 583 g/mol. The molecule has 3 heteroatoms. The smallest absolute Gasteiger partial charge is 0.0541 e. The van der Waals surface area contributed by atoms with Gasteiger partial charge in [-0.3, -0.25) is 0 Å². The number of nitrogens with zero attached hydrogens (tertiary/aromatic N) is 1. The zero-order valence-electron chi connectivity index (χ0n) is 24.4. The first-order valence-corrected chi connectivity index (χ1v) is 17.5. The van der Waals surface area contributed by atoms with Gasteiger partial charge in [0.25, 0.3) is 0 Å². The SMILES string of the molecule is c1ccc2sc3c(S(c4ccccc4)(c4ccccc4)c4cccc(-n5c6ccccc6c6ccccc65)c4)cccc3c2c#1. The van der Waals surface area contributed by atoms with Gasteiger partial charge in [0.15, 0.2) is 0 Å². The van der Waals surface area contributed by atoms with E-state index in [1.54, 1.807) is 0 Å². The van der Waals surface area contributed by atoms with Gasteiger partial charge in [-0.05, 0) is 72.8 Å². The van der Waals surface area contributed by atoms with Crippen LogP contribution in [0.2, 0.25) is 0 Å². The lowest BCUT2D eigenvalue weighted by Crippen LogP contribution is -2.06. The van der Waals surface area contributed by atoms with Crippen LogP contribution in [0.4, 0.5) is 0 Å². The van der Waals surface area contributed by atoms with Gasteiger partial charge >= 0.3 is 0 Å². The van der Waals surface area contributed by atoms with Crippen molar-refractivity contribution in [2.75, 3.05) is 0 Å². The molecule has 0 saturated carbocycles. The van der Waals surface area contributed by atoms with Crippen molar-refractivity contribution in [3.8, 4) is 5.69 Å². The van der Waals surface area contributed by atoms with E-state index >= 15 is 0 Å². The van der Waals surface area contributed by atoms with E-state index in [9.17, 15) is 0 Å².